The molecule has 1 unspecified atom stereocenters. The lowest BCUT2D eigenvalue weighted by atomic mass is 9.86. The molecule has 1 aliphatic rings. The largest absolute Gasteiger partial charge is 0.490 e. The maximum Gasteiger partial charge on any atom is 0.224 e. The molecule has 4 nitrogen and oxygen atoms in total. The fourth-order valence-corrected chi connectivity index (χ4v) is 4.35. The maximum absolute atomic E-state index is 12.8. The summed E-state index contributed by atoms with van der Waals surface area (Å²) >= 11 is 0. The number of nitrogens with one attached hydrogen (secondary N) is 1. The van der Waals surface area contributed by atoms with Crippen molar-refractivity contribution < 1.29 is 14.3 Å². The summed E-state index contributed by atoms with van der Waals surface area (Å²) < 4.78 is 12.2. The number of rotatable bonds is 6. The van der Waals surface area contributed by atoms with Crippen LogP contribution in [0.3, 0.4) is 0 Å². The Balaban J connectivity index is 2.06. The highest BCUT2D eigenvalue weighted by Gasteiger charge is 2.34. The van der Waals surface area contributed by atoms with Crippen LogP contribution in [0.4, 0.5) is 5.69 Å². The predicted octanol–water partition coefficient (Wildman–Crippen LogP) is 6.72. The lowest BCUT2D eigenvalue weighted by Gasteiger charge is -2.23. The molecule has 1 N–H and O–H groups in total. The molecule has 0 fully saturated rings. The van der Waals surface area contributed by atoms with Crippen molar-refractivity contribution in [1.29, 1.82) is 0 Å². The van der Waals surface area contributed by atoms with Gasteiger partial charge in [-0.25, -0.2) is 0 Å². The molecule has 2 aromatic rings. The van der Waals surface area contributed by atoms with Gasteiger partial charge in [0.25, 0.3) is 0 Å². The van der Waals surface area contributed by atoms with Crippen molar-refractivity contribution in [2.24, 2.45) is 5.41 Å². The van der Waals surface area contributed by atoms with Gasteiger partial charge in [0.2, 0.25) is 5.91 Å². The molecular formula is C27H37NO3. The summed E-state index contributed by atoms with van der Waals surface area (Å²) in [6.07, 6.45) is 0.462. The minimum Gasteiger partial charge on any atom is -0.490 e. The van der Waals surface area contributed by atoms with E-state index in [1.165, 1.54) is 11.1 Å². The topological polar surface area (TPSA) is 47.6 Å². The molecule has 1 aliphatic heterocycles. The quantitative estimate of drug-likeness (QED) is 0.561. The zero-order valence-electron chi connectivity index (χ0n) is 20.3. The summed E-state index contributed by atoms with van der Waals surface area (Å²) in [5.41, 5.74) is 6.45. The van der Waals surface area contributed by atoms with Gasteiger partial charge in [-0.2, -0.15) is 0 Å². The molecule has 0 bridgehead atoms. The Kier molecular flexibility index (Phi) is 6.68. The molecule has 0 aliphatic carbocycles. The monoisotopic (exact) mass is 423 g/mol. The first-order chi connectivity index (χ1) is 14.5. The lowest BCUT2D eigenvalue weighted by molar-refractivity contribution is -0.117. The number of hydrogen-bond donors (Lipinski definition) is 1. The third-order valence-electron chi connectivity index (χ3n) is 5.94. The fourth-order valence-electron chi connectivity index (χ4n) is 4.35. The number of anilines is 1. The van der Waals surface area contributed by atoms with Crippen LogP contribution < -0.4 is 14.8 Å². The third-order valence-corrected chi connectivity index (χ3v) is 5.94. The molecule has 1 heterocycles. The van der Waals surface area contributed by atoms with Crippen LogP contribution in [0.5, 0.6) is 11.5 Å². The van der Waals surface area contributed by atoms with Crippen molar-refractivity contribution in [3.05, 3.63) is 52.1 Å². The van der Waals surface area contributed by atoms with Crippen molar-refractivity contribution in [2.75, 3.05) is 18.5 Å². The van der Waals surface area contributed by atoms with Gasteiger partial charge in [0.15, 0.2) is 11.5 Å². The van der Waals surface area contributed by atoms with E-state index in [1.54, 1.807) is 0 Å². The molecule has 168 valence electrons. The molecule has 1 amide bonds. The SMILES string of the molecule is CCOc1c(C)c(NC(=O)CC(C)(C)C)c(C)c2c1OCC2c1ccc(C(C)C)cc1. The molecular weight excluding hydrogens is 386 g/mol. The van der Waals surface area contributed by atoms with Crippen LogP contribution in [-0.2, 0) is 4.79 Å². The van der Waals surface area contributed by atoms with Gasteiger partial charge >= 0.3 is 0 Å². The van der Waals surface area contributed by atoms with E-state index in [2.05, 4.69) is 71.1 Å². The second-order valence-corrected chi connectivity index (χ2v) is 10.1. The average molecular weight is 424 g/mol. The molecule has 0 aromatic heterocycles. The fraction of sp³-hybridized carbons (Fsp3) is 0.519. The van der Waals surface area contributed by atoms with Gasteiger partial charge in [-0.15, -0.1) is 0 Å². The van der Waals surface area contributed by atoms with E-state index in [0.29, 0.717) is 25.6 Å². The standard InChI is InChI=1S/C27H37NO3/c1-9-30-25-18(5)24(28-22(29)14-27(6,7)8)17(4)23-21(15-31-26(23)25)20-12-10-19(11-13-20)16(2)3/h10-13,16,21H,9,14-15H2,1-8H3,(H,28,29). The van der Waals surface area contributed by atoms with Gasteiger partial charge in [-0.05, 0) is 48.8 Å². The highest BCUT2D eigenvalue weighted by atomic mass is 16.5. The van der Waals surface area contributed by atoms with E-state index in [1.807, 2.05) is 13.8 Å². The minimum absolute atomic E-state index is 0.0258. The molecule has 4 heteroatoms. The van der Waals surface area contributed by atoms with Crippen LogP contribution in [0, 0.1) is 19.3 Å². The van der Waals surface area contributed by atoms with Crippen molar-refractivity contribution in [1.82, 2.24) is 0 Å². The minimum atomic E-state index is -0.0742. The van der Waals surface area contributed by atoms with E-state index >= 15 is 0 Å². The average Bonchev–Trinajstić information content (AvgIpc) is 3.12. The molecule has 0 spiro atoms. The second-order valence-electron chi connectivity index (χ2n) is 10.1. The van der Waals surface area contributed by atoms with Gasteiger partial charge < -0.3 is 14.8 Å². The Morgan fingerprint density at radius 3 is 2.35 bits per heavy atom. The molecule has 31 heavy (non-hydrogen) atoms. The Labute approximate surface area is 187 Å². The van der Waals surface area contributed by atoms with Crippen LogP contribution in [-0.4, -0.2) is 19.1 Å². The van der Waals surface area contributed by atoms with Crippen LogP contribution in [0.15, 0.2) is 24.3 Å². The number of ether oxygens (including phenoxy) is 2. The highest BCUT2D eigenvalue weighted by Crippen LogP contribution is 2.51. The molecule has 0 radical (unpaired) electrons. The van der Waals surface area contributed by atoms with Gasteiger partial charge in [0.05, 0.1) is 18.9 Å². The summed E-state index contributed by atoms with van der Waals surface area (Å²) in [5.74, 6) is 2.21. The lowest BCUT2D eigenvalue weighted by Crippen LogP contribution is -2.21. The Morgan fingerprint density at radius 1 is 1.16 bits per heavy atom. The van der Waals surface area contributed by atoms with Gasteiger partial charge in [-0.3, -0.25) is 4.79 Å². The van der Waals surface area contributed by atoms with Crippen molar-refractivity contribution in [2.45, 2.75) is 73.6 Å². The number of carbonyl (C=O) groups is 1. The Morgan fingerprint density at radius 2 is 1.81 bits per heavy atom. The number of fused-ring (bicyclic) bond motifs is 1. The molecule has 0 saturated heterocycles. The first-order valence-corrected chi connectivity index (χ1v) is 11.4. The maximum atomic E-state index is 12.8. The highest BCUT2D eigenvalue weighted by molar-refractivity contribution is 5.94. The first-order valence-electron chi connectivity index (χ1n) is 11.4. The van der Waals surface area contributed by atoms with Gasteiger partial charge in [0.1, 0.15) is 0 Å². The Bertz CT molecular complexity index is 952. The van der Waals surface area contributed by atoms with Gasteiger partial charge in [0, 0.05) is 23.5 Å². The number of hydrogen-bond acceptors (Lipinski definition) is 3. The zero-order chi connectivity index (χ0) is 22.9. The van der Waals surface area contributed by atoms with E-state index in [0.717, 1.165) is 33.9 Å². The number of benzene rings is 2. The normalized spacial score (nSPS) is 15.6. The van der Waals surface area contributed by atoms with Crippen molar-refractivity contribution >= 4 is 11.6 Å². The number of amides is 1. The van der Waals surface area contributed by atoms with Gasteiger partial charge in [-0.1, -0.05) is 58.9 Å². The molecule has 0 saturated carbocycles. The number of carbonyl (C=O) groups excluding carboxylic acids is 1. The molecule has 1 atom stereocenters. The zero-order valence-corrected chi connectivity index (χ0v) is 20.3. The summed E-state index contributed by atoms with van der Waals surface area (Å²) in [4.78, 5) is 12.8. The van der Waals surface area contributed by atoms with Crippen LogP contribution in [0.1, 0.15) is 87.6 Å². The first kappa shape index (κ1) is 23.2. The Hall–Kier alpha value is -2.49. The third kappa shape index (κ3) is 4.89. The smallest absolute Gasteiger partial charge is 0.224 e. The second kappa shape index (κ2) is 8.94. The van der Waals surface area contributed by atoms with Crippen LogP contribution in [0.2, 0.25) is 0 Å². The van der Waals surface area contributed by atoms with Crippen molar-refractivity contribution in [3.63, 3.8) is 0 Å². The summed E-state index contributed by atoms with van der Waals surface area (Å²) in [6.45, 7) is 17.8. The molecule has 2 aromatic carbocycles. The van der Waals surface area contributed by atoms with Crippen molar-refractivity contribution in [3.8, 4) is 11.5 Å². The summed E-state index contributed by atoms with van der Waals surface area (Å²) in [5, 5.41) is 3.19. The van der Waals surface area contributed by atoms with E-state index in [9.17, 15) is 4.79 Å². The van der Waals surface area contributed by atoms with E-state index in [-0.39, 0.29) is 17.2 Å². The molecule has 3 rings (SSSR count). The van der Waals surface area contributed by atoms with Crippen LogP contribution in [0.25, 0.3) is 0 Å². The van der Waals surface area contributed by atoms with Crippen LogP contribution >= 0.6 is 0 Å². The summed E-state index contributed by atoms with van der Waals surface area (Å²) in [7, 11) is 0. The van der Waals surface area contributed by atoms with E-state index in [4.69, 9.17) is 9.47 Å². The van der Waals surface area contributed by atoms with E-state index < -0.39 is 0 Å². The predicted molar refractivity (Wildman–Crippen MR) is 128 cm³/mol. The summed E-state index contributed by atoms with van der Waals surface area (Å²) in [6, 6.07) is 8.82.